The fourth-order valence-corrected chi connectivity index (χ4v) is 3.21. The number of aliphatic hydroxyl groups excluding tert-OH is 1. The number of nitrogens with zero attached hydrogens (tertiary/aromatic N) is 1. The van der Waals surface area contributed by atoms with Crippen LogP contribution in [0.5, 0.6) is 5.75 Å². The second-order valence-electron chi connectivity index (χ2n) is 5.80. The van der Waals surface area contributed by atoms with E-state index in [-0.39, 0.29) is 12.4 Å². The largest absolute Gasteiger partial charge is 0.496 e. The summed E-state index contributed by atoms with van der Waals surface area (Å²) in [4.78, 5) is 1.74. The fourth-order valence-electron chi connectivity index (χ4n) is 3.21. The van der Waals surface area contributed by atoms with Crippen molar-refractivity contribution in [2.75, 3.05) is 39.9 Å². The van der Waals surface area contributed by atoms with Crippen molar-refractivity contribution < 1.29 is 18.6 Å². The molecule has 4 nitrogen and oxygen atoms in total. The predicted octanol–water partition coefficient (Wildman–Crippen LogP) is 2.31. The molecule has 132 valence electrons. The Hall–Kier alpha value is -0.950. The minimum atomic E-state index is -3.19. The van der Waals surface area contributed by atoms with Gasteiger partial charge in [0.1, 0.15) is 18.4 Å². The number of alkyl halides is 2. The van der Waals surface area contributed by atoms with E-state index in [0.29, 0.717) is 31.7 Å². The summed E-state index contributed by atoms with van der Waals surface area (Å²) in [5.74, 6) is -2.47. The Balaban J connectivity index is 0.00000264. The van der Waals surface area contributed by atoms with E-state index in [1.807, 2.05) is 13.8 Å². The third kappa shape index (κ3) is 4.32. The minimum absolute atomic E-state index is 0. The second-order valence-corrected chi connectivity index (χ2v) is 5.80. The highest BCUT2D eigenvalue weighted by Gasteiger charge is 2.44. The van der Waals surface area contributed by atoms with Crippen molar-refractivity contribution >= 4 is 12.4 Å². The van der Waals surface area contributed by atoms with Crippen molar-refractivity contribution in [2.24, 2.45) is 0 Å². The van der Waals surface area contributed by atoms with E-state index in [0.717, 1.165) is 16.9 Å². The van der Waals surface area contributed by atoms with Crippen molar-refractivity contribution in [3.8, 4) is 5.75 Å². The quantitative estimate of drug-likeness (QED) is 0.855. The molecule has 2 rings (SSSR count). The Labute approximate surface area is 142 Å². The van der Waals surface area contributed by atoms with Gasteiger partial charge in [-0.15, -0.1) is 12.4 Å². The lowest BCUT2D eigenvalue weighted by Gasteiger charge is -2.39. The highest BCUT2D eigenvalue weighted by atomic mass is 35.5. The van der Waals surface area contributed by atoms with Crippen LogP contribution >= 0.6 is 12.4 Å². The molecule has 0 aromatic heterocycles. The first kappa shape index (κ1) is 20.1. The molecule has 1 aromatic rings. The smallest absolute Gasteiger partial charge is 0.289 e. The zero-order valence-electron chi connectivity index (χ0n) is 13.7. The number of hydrogen-bond acceptors (Lipinski definition) is 4. The van der Waals surface area contributed by atoms with E-state index in [1.165, 1.54) is 0 Å². The topological polar surface area (TPSA) is 44.7 Å². The van der Waals surface area contributed by atoms with Crippen molar-refractivity contribution in [1.29, 1.82) is 0 Å². The van der Waals surface area contributed by atoms with Crippen molar-refractivity contribution in [3.63, 3.8) is 0 Å². The molecule has 0 radical (unpaired) electrons. The van der Waals surface area contributed by atoms with Crippen LogP contribution in [0.15, 0.2) is 12.1 Å². The summed E-state index contributed by atoms with van der Waals surface area (Å²) in [6.07, 6.45) is 0. The van der Waals surface area contributed by atoms with E-state index in [2.05, 4.69) is 5.32 Å². The predicted molar refractivity (Wildman–Crippen MR) is 88.9 cm³/mol. The molecule has 1 fully saturated rings. The first-order chi connectivity index (χ1) is 10.4. The van der Waals surface area contributed by atoms with Crippen LogP contribution in [0.2, 0.25) is 0 Å². The fraction of sp³-hybridized carbons (Fsp3) is 0.625. The Morgan fingerprint density at radius 1 is 1.26 bits per heavy atom. The number of hydrogen-bond donors (Lipinski definition) is 2. The van der Waals surface area contributed by atoms with Crippen LogP contribution in [0.3, 0.4) is 0 Å². The Bertz CT molecular complexity index is 500. The molecule has 1 aromatic carbocycles. The van der Waals surface area contributed by atoms with Crippen LogP contribution in [-0.2, 0) is 0 Å². The molecule has 23 heavy (non-hydrogen) atoms. The molecule has 0 unspecified atom stereocenters. The van der Waals surface area contributed by atoms with Gasteiger partial charge < -0.3 is 15.2 Å². The first-order valence-corrected chi connectivity index (χ1v) is 7.49. The summed E-state index contributed by atoms with van der Waals surface area (Å²) in [6.45, 7) is 4.95. The molecule has 1 aliphatic rings. The van der Waals surface area contributed by atoms with Crippen molar-refractivity contribution in [3.05, 3.63) is 28.8 Å². The van der Waals surface area contributed by atoms with Crippen LogP contribution in [0, 0.1) is 13.8 Å². The molecule has 1 saturated heterocycles. The lowest BCUT2D eigenvalue weighted by Crippen LogP contribution is -2.51. The van der Waals surface area contributed by atoms with Gasteiger partial charge in [0.2, 0.25) is 0 Å². The molecule has 7 heteroatoms. The number of benzene rings is 1. The van der Waals surface area contributed by atoms with E-state index in [9.17, 15) is 13.9 Å². The summed E-state index contributed by atoms with van der Waals surface area (Å²) in [6, 6.07) is 2.35. The van der Waals surface area contributed by atoms with Crippen LogP contribution in [-0.4, -0.2) is 55.8 Å². The standard InChI is InChI=1S/C16H24F2N2O2.ClH/c1-11-8-13(9-12(2)14(11)22-3)15(16(17,18)10-21)20-6-4-19-5-7-20;/h8-9,15,19,21H,4-7,10H2,1-3H3;1H/t15-;/m0./s1. The SMILES string of the molecule is COc1c(C)cc([C@H](N2CCNCC2)C(F)(F)CO)cc1C.Cl. The van der Waals surface area contributed by atoms with E-state index < -0.39 is 18.6 Å². The number of methoxy groups -OCH3 is 1. The number of aryl methyl sites for hydroxylation is 2. The molecular formula is C16H25ClF2N2O2. The van der Waals surface area contributed by atoms with E-state index >= 15 is 0 Å². The zero-order valence-corrected chi connectivity index (χ0v) is 14.6. The maximum Gasteiger partial charge on any atom is 0.289 e. The monoisotopic (exact) mass is 350 g/mol. The highest BCUT2D eigenvalue weighted by molar-refractivity contribution is 5.85. The molecule has 0 bridgehead atoms. The van der Waals surface area contributed by atoms with Gasteiger partial charge in [-0.05, 0) is 30.5 Å². The maximum absolute atomic E-state index is 14.4. The Kier molecular flexibility index (Phi) is 7.20. The van der Waals surface area contributed by atoms with Gasteiger partial charge in [0.25, 0.3) is 5.92 Å². The summed E-state index contributed by atoms with van der Waals surface area (Å²) in [5, 5.41) is 12.3. The molecule has 1 aliphatic heterocycles. The normalized spacial score (nSPS) is 17.5. The Morgan fingerprint density at radius 2 is 1.78 bits per heavy atom. The number of nitrogens with one attached hydrogen (secondary N) is 1. The van der Waals surface area contributed by atoms with Gasteiger partial charge >= 0.3 is 0 Å². The van der Waals surface area contributed by atoms with Gasteiger partial charge in [-0.1, -0.05) is 12.1 Å². The van der Waals surface area contributed by atoms with E-state index in [4.69, 9.17) is 4.74 Å². The molecule has 0 aliphatic carbocycles. The number of rotatable bonds is 5. The lowest BCUT2D eigenvalue weighted by molar-refractivity contribution is -0.118. The molecule has 1 atom stereocenters. The van der Waals surface area contributed by atoms with Crippen LogP contribution in [0.25, 0.3) is 0 Å². The maximum atomic E-state index is 14.4. The second kappa shape index (κ2) is 8.24. The highest BCUT2D eigenvalue weighted by Crippen LogP contribution is 2.39. The van der Waals surface area contributed by atoms with Crippen LogP contribution < -0.4 is 10.1 Å². The molecule has 0 saturated carbocycles. The summed E-state index contributed by atoms with van der Waals surface area (Å²) < 4.78 is 34.1. The van der Waals surface area contributed by atoms with Gasteiger partial charge in [0.05, 0.1) is 7.11 Å². The number of aliphatic hydroxyl groups is 1. The van der Waals surface area contributed by atoms with Crippen LogP contribution in [0.4, 0.5) is 8.78 Å². The van der Waals surface area contributed by atoms with Crippen LogP contribution in [0.1, 0.15) is 22.7 Å². The molecule has 0 spiro atoms. The van der Waals surface area contributed by atoms with Gasteiger partial charge in [-0.3, -0.25) is 4.90 Å². The average molecular weight is 351 g/mol. The Morgan fingerprint density at radius 3 is 2.22 bits per heavy atom. The number of ether oxygens (including phenoxy) is 1. The summed E-state index contributed by atoms with van der Waals surface area (Å²) in [7, 11) is 1.57. The zero-order chi connectivity index (χ0) is 16.3. The van der Waals surface area contributed by atoms with Crippen molar-refractivity contribution in [2.45, 2.75) is 25.8 Å². The number of piperazine rings is 1. The van der Waals surface area contributed by atoms with E-state index in [1.54, 1.807) is 24.1 Å². The van der Waals surface area contributed by atoms with Crippen molar-refractivity contribution in [1.82, 2.24) is 10.2 Å². The average Bonchev–Trinajstić information content (AvgIpc) is 2.48. The van der Waals surface area contributed by atoms with Gasteiger partial charge in [0, 0.05) is 26.2 Å². The van der Waals surface area contributed by atoms with Gasteiger partial charge in [-0.2, -0.15) is 0 Å². The molecule has 2 N–H and O–H groups in total. The van der Waals surface area contributed by atoms with Gasteiger partial charge in [0.15, 0.2) is 0 Å². The lowest BCUT2D eigenvalue weighted by atomic mass is 9.94. The third-order valence-corrected chi connectivity index (χ3v) is 4.13. The van der Waals surface area contributed by atoms with Gasteiger partial charge in [-0.25, -0.2) is 8.78 Å². The molecule has 1 heterocycles. The summed E-state index contributed by atoms with van der Waals surface area (Å²) in [5.41, 5.74) is 2.18. The molecular weight excluding hydrogens is 326 g/mol. The summed E-state index contributed by atoms with van der Waals surface area (Å²) >= 11 is 0. The minimum Gasteiger partial charge on any atom is -0.496 e. The number of halogens is 3. The molecule has 0 amide bonds. The third-order valence-electron chi connectivity index (χ3n) is 4.13. The first-order valence-electron chi connectivity index (χ1n) is 7.49.